The van der Waals surface area contributed by atoms with E-state index in [1.807, 2.05) is 0 Å². The second-order valence-electron chi connectivity index (χ2n) is 5.20. The maximum atomic E-state index is 12.5. The first-order valence-electron chi connectivity index (χ1n) is 7.11. The Bertz CT molecular complexity index is 843. The normalized spacial score (nSPS) is 16.3. The third-order valence-electron chi connectivity index (χ3n) is 3.72. The maximum Gasteiger partial charge on any atom is 0.254 e. The standard InChI is InChI=1S/C14H14ClN3O4S2/c15-12-1-2-13(23-12)24(21,22)18-9-7-16(8-10-18)14(19)11-3-5-17(20)6-4-11/h1-6H,7-10H2. The Morgan fingerprint density at radius 2 is 1.75 bits per heavy atom. The summed E-state index contributed by atoms with van der Waals surface area (Å²) in [5, 5.41) is 11.0. The predicted octanol–water partition coefficient (Wildman–Crippen LogP) is 1.18. The van der Waals surface area contributed by atoms with Gasteiger partial charge in [-0.2, -0.15) is 9.04 Å². The highest BCUT2D eigenvalue weighted by Gasteiger charge is 2.31. The summed E-state index contributed by atoms with van der Waals surface area (Å²) in [6.07, 6.45) is 2.52. The van der Waals surface area contributed by atoms with Crippen molar-refractivity contribution in [3.63, 3.8) is 0 Å². The lowest BCUT2D eigenvalue weighted by Gasteiger charge is -2.33. The summed E-state index contributed by atoms with van der Waals surface area (Å²) < 4.78 is 27.6. The summed E-state index contributed by atoms with van der Waals surface area (Å²) in [7, 11) is -3.58. The molecule has 1 fully saturated rings. The van der Waals surface area contributed by atoms with Gasteiger partial charge >= 0.3 is 0 Å². The summed E-state index contributed by atoms with van der Waals surface area (Å²) >= 11 is 6.82. The number of aromatic nitrogens is 1. The topological polar surface area (TPSA) is 84.6 Å². The van der Waals surface area contributed by atoms with Crippen molar-refractivity contribution in [1.29, 1.82) is 0 Å². The molecule has 24 heavy (non-hydrogen) atoms. The second kappa shape index (κ2) is 6.67. The average Bonchev–Trinajstić information content (AvgIpc) is 3.02. The predicted molar refractivity (Wildman–Crippen MR) is 89.4 cm³/mol. The fourth-order valence-corrected chi connectivity index (χ4v) is 5.49. The minimum absolute atomic E-state index is 0.204. The minimum atomic E-state index is -3.58. The Labute approximate surface area is 148 Å². The number of nitrogens with zero attached hydrogens (tertiary/aromatic N) is 3. The van der Waals surface area contributed by atoms with Crippen molar-refractivity contribution in [2.24, 2.45) is 0 Å². The zero-order valence-electron chi connectivity index (χ0n) is 12.5. The van der Waals surface area contributed by atoms with Crippen molar-refractivity contribution in [3.8, 4) is 0 Å². The Kier molecular flexibility index (Phi) is 4.77. The summed E-state index contributed by atoms with van der Waals surface area (Å²) in [4.78, 5) is 14.0. The van der Waals surface area contributed by atoms with Crippen LogP contribution in [0.25, 0.3) is 0 Å². The lowest BCUT2D eigenvalue weighted by atomic mass is 10.2. The van der Waals surface area contributed by atoms with Crippen LogP contribution >= 0.6 is 22.9 Å². The number of carbonyl (C=O) groups is 1. The molecule has 0 radical (unpaired) electrons. The number of rotatable bonds is 3. The van der Waals surface area contributed by atoms with Crippen LogP contribution in [0.3, 0.4) is 0 Å². The molecule has 2 aromatic heterocycles. The van der Waals surface area contributed by atoms with Gasteiger partial charge in [0.1, 0.15) is 4.21 Å². The van der Waals surface area contributed by atoms with Gasteiger partial charge in [-0.3, -0.25) is 4.79 Å². The van der Waals surface area contributed by atoms with Crippen LogP contribution in [0.2, 0.25) is 4.34 Å². The van der Waals surface area contributed by atoms with Crippen molar-refractivity contribution in [3.05, 3.63) is 51.8 Å². The van der Waals surface area contributed by atoms with Crippen molar-refractivity contribution in [2.75, 3.05) is 26.2 Å². The summed E-state index contributed by atoms with van der Waals surface area (Å²) in [5.41, 5.74) is 0.406. The van der Waals surface area contributed by atoms with Gasteiger partial charge in [-0.15, -0.1) is 11.3 Å². The summed E-state index contributed by atoms with van der Waals surface area (Å²) in [5.74, 6) is -0.216. The van der Waals surface area contributed by atoms with Gasteiger partial charge in [0.15, 0.2) is 12.4 Å². The van der Waals surface area contributed by atoms with E-state index in [0.29, 0.717) is 27.7 Å². The number of carbonyl (C=O) groups excluding carboxylic acids is 1. The molecule has 3 rings (SSSR count). The third kappa shape index (κ3) is 3.39. The maximum absolute atomic E-state index is 12.5. The largest absolute Gasteiger partial charge is 0.619 e. The van der Waals surface area contributed by atoms with Crippen molar-refractivity contribution in [2.45, 2.75) is 4.21 Å². The monoisotopic (exact) mass is 387 g/mol. The molecule has 1 aliphatic heterocycles. The van der Waals surface area contributed by atoms with E-state index in [1.165, 1.54) is 34.9 Å². The summed E-state index contributed by atoms with van der Waals surface area (Å²) in [6, 6.07) is 5.94. The van der Waals surface area contributed by atoms with Crippen LogP contribution in [-0.4, -0.2) is 49.7 Å². The molecule has 7 nitrogen and oxygen atoms in total. The van der Waals surface area contributed by atoms with E-state index in [2.05, 4.69) is 0 Å². The van der Waals surface area contributed by atoms with E-state index in [-0.39, 0.29) is 23.2 Å². The van der Waals surface area contributed by atoms with E-state index in [9.17, 15) is 18.4 Å². The molecule has 128 valence electrons. The smallest absolute Gasteiger partial charge is 0.254 e. The van der Waals surface area contributed by atoms with Crippen LogP contribution in [0.4, 0.5) is 0 Å². The van der Waals surface area contributed by atoms with Gasteiger partial charge in [-0.05, 0) is 12.1 Å². The van der Waals surface area contributed by atoms with Gasteiger partial charge in [-0.1, -0.05) is 11.6 Å². The van der Waals surface area contributed by atoms with Gasteiger partial charge in [-0.25, -0.2) is 8.42 Å². The lowest BCUT2D eigenvalue weighted by molar-refractivity contribution is -0.605. The number of pyridine rings is 1. The molecular formula is C14H14ClN3O4S2. The zero-order valence-corrected chi connectivity index (χ0v) is 14.9. The van der Waals surface area contributed by atoms with E-state index < -0.39 is 10.0 Å². The van der Waals surface area contributed by atoms with Crippen molar-refractivity contribution in [1.82, 2.24) is 9.21 Å². The number of thiophene rings is 1. The molecule has 0 saturated carbocycles. The fraction of sp³-hybridized carbons (Fsp3) is 0.286. The summed E-state index contributed by atoms with van der Waals surface area (Å²) in [6.45, 7) is 1.03. The molecule has 1 amide bonds. The molecule has 0 unspecified atom stereocenters. The molecule has 0 N–H and O–H groups in total. The molecule has 3 heterocycles. The molecule has 0 bridgehead atoms. The van der Waals surface area contributed by atoms with E-state index in [1.54, 1.807) is 11.0 Å². The van der Waals surface area contributed by atoms with E-state index >= 15 is 0 Å². The number of hydrogen-bond acceptors (Lipinski definition) is 5. The number of halogens is 1. The highest BCUT2D eigenvalue weighted by Crippen LogP contribution is 2.28. The SMILES string of the molecule is O=C(c1cc[n+]([O-])cc1)N1CCN(S(=O)(=O)c2ccc(Cl)s2)CC1. The van der Waals surface area contributed by atoms with E-state index in [0.717, 1.165) is 11.3 Å². The quantitative estimate of drug-likeness (QED) is 0.584. The number of hydrogen-bond donors (Lipinski definition) is 0. The van der Waals surface area contributed by atoms with Gasteiger partial charge in [0.05, 0.1) is 9.90 Å². The number of sulfonamides is 1. The Morgan fingerprint density at radius 1 is 1.12 bits per heavy atom. The third-order valence-corrected chi connectivity index (χ3v) is 7.31. The van der Waals surface area contributed by atoms with Gasteiger partial charge in [0, 0.05) is 38.3 Å². The van der Waals surface area contributed by atoms with Crippen LogP contribution in [-0.2, 0) is 10.0 Å². The Hall–Kier alpha value is -1.68. The highest BCUT2D eigenvalue weighted by molar-refractivity contribution is 7.91. The Morgan fingerprint density at radius 3 is 2.29 bits per heavy atom. The van der Waals surface area contributed by atoms with E-state index in [4.69, 9.17) is 11.6 Å². The van der Waals surface area contributed by atoms with Crippen molar-refractivity contribution >= 4 is 38.9 Å². The van der Waals surface area contributed by atoms with Crippen LogP contribution in [0.15, 0.2) is 40.9 Å². The fourth-order valence-electron chi connectivity index (χ4n) is 2.43. The van der Waals surface area contributed by atoms with Crippen molar-refractivity contribution < 1.29 is 17.9 Å². The van der Waals surface area contributed by atoms with Crippen LogP contribution in [0, 0.1) is 5.21 Å². The Balaban J connectivity index is 1.67. The average molecular weight is 388 g/mol. The molecule has 10 heteroatoms. The molecule has 2 aromatic rings. The molecule has 1 aliphatic rings. The highest BCUT2D eigenvalue weighted by atomic mass is 35.5. The molecule has 0 atom stereocenters. The number of amides is 1. The number of piperazine rings is 1. The van der Waals surface area contributed by atoms with Gasteiger partial charge in [0.2, 0.25) is 0 Å². The minimum Gasteiger partial charge on any atom is -0.619 e. The lowest BCUT2D eigenvalue weighted by Crippen LogP contribution is -2.50. The first kappa shape index (κ1) is 17.2. The first-order chi connectivity index (χ1) is 11.4. The molecule has 1 saturated heterocycles. The molecule has 0 aromatic carbocycles. The second-order valence-corrected chi connectivity index (χ2v) is 9.08. The van der Waals surface area contributed by atoms with Gasteiger partial charge < -0.3 is 10.1 Å². The van der Waals surface area contributed by atoms with Crippen LogP contribution in [0.1, 0.15) is 10.4 Å². The molecule has 0 aliphatic carbocycles. The molecule has 0 spiro atoms. The van der Waals surface area contributed by atoms with Gasteiger partial charge in [0.25, 0.3) is 15.9 Å². The van der Waals surface area contributed by atoms with Crippen LogP contribution in [0.5, 0.6) is 0 Å². The first-order valence-corrected chi connectivity index (χ1v) is 9.75. The molecular weight excluding hydrogens is 374 g/mol. The van der Waals surface area contributed by atoms with Crippen LogP contribution < -0.4 is 4.73 Å². The zero-order chi connectivity index (χ0) is 17.3.